The quantitative estimate of drug-likeness (QED) is 0.532. The molecule has 1 atom stereocenters. The third kappa shape index (κ3) is 7.24. The fourth-order valence-corrected chi connectivity index (χ4v) is 6.70. The van der Waals surface area contributed by atoms with Gasteiger partial charge in [0.2, 0.25) is 5.91 Å². The third-order valence-corrected chi connectivity index (χ3v) is 8.22. The van der Waals surface area contributed by atoms with Gasteiger partial charge in [-0.1, -0.05) is 72.1 Å². The monoisotopic (exact) mass is 418 g/mol. The van der Waals surface area contributed by atoms with Crippen molar-refractivity contribution >= 4 is 5.91 Å². The fourth-order valence-electron chi connectivity index (χ4n) is 6.70. The maximum absolute atomic E-state index is 13.5. The van der Waals surface area contributed by atoms with Crippen LogP contribution in [-0.2, 0) is 4.79 Å². The molecule has 3 rings (SSSR count). The van der Waals surface area contributed by atoms with Crippen molar-refractivity contribution in [3.8, 4) is 0 Å². The van der Waals surface area contributed by atoms with E-state index in [0.29, 0.717) is 17.4 Å². The highest BCUT2D eigenvalue weighted by atomic mass is 16.2. The van der Waals surface area contributed by atoms with Crippen LogP contribution in [0.5, 0.6) is 0 Å². The molecule has 1 heterocycles. The second-order valence-electron chi connectivity index (χ2n) is 12.1. The van der Waals surface area contributed by atoms with Crippen LogP contribution in [0.4, 0.5) is 0 Å². The first-order chi connectivity index (χ1) is 14.4. The smallest absolute Gasteiger partial charge is 0.225 e. The van der Waals surface area contributed by atoms with Gasteiger partial charge in [0.15, 0.2) is 0 Å². The normalized spacial score (nSPS) is 31.6. The summed E-state index contributed by atoms with van der Waals surface area (Å²) >= 11 is 0. The highest BCUT2D eigenvalue weighted by molar-refractivity contribution is 5.80. The van der Waals surface area contributed by atoms with Crippen molar-refractivity contribution in [3.05, 3.63) is 0 Å². The largest absolute Gasteiger partial charge is 0.353 e. The molecule has 1 amide bonds. The molecule has 3 fully saturated rings. The zero-order valence-corrected chi connectivity index (χ0v) is 20.4. The van der Waals surface area contributed by atoms with Gasteiger partial charge in [-0.05, 0) is 75.7 Å². The molecule has 1 spiro atoms. The van der Waals surface area contributed by atoms with Gasteiger partial charge in [-0.25, -0.2) is 0 Å². The zero-order chi connectivity index (χ0) is 21.5. The molecule has 2 saturated carbocycles. The number of carbonyl (C=O) groups excluding carboxylic acids is 1. The standard InChI is InChI=1S/C27H50N2O/c1-26(2,3)21-22-14-16-23(17-15-22)29-25(30)24-13-12-20-28-27(24)18-10-8-6-4-5-7-9-11-19-27/h22-24,28H,4-21H2,1-3H3,(H,29,30)/t22-,23-,24?. The minimum absolute atomic E-state index is 0.0656. The van der Waals surface area contributed by atoms with Crippen LogP contribution in [-0.4, -0.2) is 24.0 Å². The van der Waals surface area contributed by atoms with E-state index in [4.69, 9.17) is 0 Å². The van der Waals surface area contributed by atoms with Crippen molar-refractivity contribution in [1.82, 2.24) is 10.6 Å². The molecule has 1 aliphatic heterocycles. The predicted octanol–water partition coefficient (Wildman–Crippen LogP) is 6.75. The predicted molar refractivity (Wildman–Crippen MR) is 128 cm³/mol. The van der Waals surface area contributed by atoms with Gasteiger partial charge in [-0.2, -0.15) is 0 Å². The Bertz CT molecular complexity index is 503. The SMILES string of the molecule is CC(C)(C)C[C@H]1CC[C@H](NC(=O)C2CCCNC23CCCCCCCCCC3)CC1. The number of hydrogen-bond acceptors (Lipinski definition) is 2. The highest BCUT2D eigenvalue weighted by Crippen LogP contribution is 2.38. The molecule has 2 aliphatic carbocycles. The van der Waals surface area contributed by atoms with E-state index < -0.39 is 0 Å². The minimum Gasteiger partial charge on any atom is -0.353 e. The molecule has 1 saturated heterocycles. The molecule has 2 N–H and O–H groups in total. The van der Waals surface area contributed by atoms with Gasteiger partial charge in [-0.3, -0.25) is 4.79 Å². The lowest BCUT2D eigenvalue weighted by Crippen LogP contribution is -2.60. The summed E-state index contributed by atoms with van der Waals surface area (Å²) in [5, 5.41) is 7.45. The topological polar surface area (TPSA) is 41.1 Å². The zero-order valence-electron chi connectivity index (χ0n) is 20.4. The Morgan fingerprint density at radius 3 is 1.97 bits per heavy atom. The second kappa shape index (κ2) is 11.3. The number of hydrogen-bond donors (Lipinski definition) is 2. The van der Waals surface area contributed by atoms with Crippen LogP contribution in [0.15, 0.2) is 0 Å². The molecule has 1 unspecified atom stereocenters. The Balaban J connectivity index is 1.57. The molecule has 0 aromatic rings. The van der Waals surface area contributed by atoms with Gasteiger partial charge in [-0.15, -0.1) is 0 Å². The molecule has 3 aliphatic rings. The van der Waals surface area contributed by atoms with Crippen molar-refractivity contribution in [3.63, 3.8) is 0 Å². The first kappa shape index (κ1) is 24.1. The lowest BCUT2D eigenvalue weighted by atomic mass is 9.71. The molecule has 174 valence electrons. The first-order valence-electron chi connectivity index (χ1n) is 13.4. The molecule has 0 bridgehead atoms. The summed E-state index contributed by atoms with van der Waals surface area (Å²) < 4.78 is 0. The van der Waals surface area contributed by atoms with Crippen molar-refractivity contribution in [2.45, 2.75) is 142 Å². The van der Waals surface area contributed by atoms with E-state index in [2.05, 4.69) is 31.4 Å². The van der Waals surface area contributed by atoms with Crippen LogP contribution in [0, 0.1) is 17.3 Å². The average Bonchev–Trinajstić information content (AvgIpc) is 2.75. The van der Waals surface area contributed by atoms with Crippen molar-refractivity contribution in [2.24, 2.45) is 17.3 Å². The van der Waals surface area contributed by atoms with E-state index in [0.717, 1.165) is 25.3 Å². The van der Waals surface area contributed by atoms with Crippen LogP contribution in [0.1, 0.15) is 130 Å². The number of piperidine rings is 1. The number of nitrogens with one attached hydrogen (secondary N) is 2. The first-order valence-corrected chi connectivity index (χ1v) is 13.4. The summed E-state index contributed by atoms with van der Waals surface area (Å²) in [6.45, 7) is 8.17. The van der Waals surface area contributed by atoms with E-state index >= 15 is 0 Å². The lowest BCUT2D eigenvalue weighted by molar-refractivity contribution is -0.130. The van der Waals surface area contributed by atoms with E-state index in [1.807, 2.05) is 0 Å². The Hall–Kier alpha value is -0.570. The van der Waals surface area contributed by atoms with Crippen LogP contribution < -0.4 is 10.6 Å². The molecule has 3 nitrogen and oxygen atoms in total. The van der Waals surface area contributed by atoms with Gasteiger partial charge in [0.1, 0.15) is 0 Å². The summed E-state index contributed by atoms with van der Waals surface area (Å²) in [7, 11) is 0. The molecule has 30 heavy (non-hydrogen) atoms. The average molecular weight is 419 g/mol. The van der Waals surface area contributed by atoms with E-state index in [1.54, 1.807) is 0 Å². The van der Waals surface area contributed by atoms with Gasteiger partial charge in [0.25, 0.3) is 0 Å². The van der Waals surface area contributed by atoms with Gasteiger partial charge in [0, 0.05) is 11.6 Å². The summed E-state index contributed by atoms with van der Waals surface area (Å²) in [5.74, 6) is 1.40. The molecular formula is C27H50N2O. The number of amides is 1. The summed E-state index contributed by atoms with van der Waals surface area (Å²) in [6, 6.07) is 0.412. The number of carbonyl (C=O) groups is 1. The van der Waals surface area contributed by atoms with E-state index in [9.17, 15) is 4.79 Å². The van der Waals surface area contributed by atoms with E-state index in [1.165, 1.54) is 96.3 Å². The molecule has 0 radical (unpaired) electrons. The lowest BCUT2D eigenvalue weighted by Gasteiger charge is -2.45. The summed E-state index contributed by atoms with van der Waals surface area (Å²) in [4.78, 5) is 13.5. The number of rotatable bonds is 3. The van der Waals surface area contributed by atoms with Gasteiger partial charge < -0.3 is 10.6 Å². The van der Waals surface area contributed by atoms with Crippen LogP contribution in [0.25, 0.3) is 0 Å². The van der Waals surface area contributed by atoms with Crippen molar-refractivity contribution in [2.75, 3.05) is 6.54 Å². The van der Waals surface area contributed by atoms with Crippen LogP contribution in [0.3, 0.4) is 0 Å². The molecule has 0 aromatic carbocycles. The minimum atomic E-state index is 0.0656. The Morgan fingerprint density at radius 1 is 0.833 bits per heavy atom. The Kier molecular flexibility index (Phi) is 9.10. The maximum Gasteiger partial charge on any atom is 0.225 e. The molecule has 3 heteroatoms. The van der Waals surface area contributed by atoms with E-state index in [-0.39, 0.29) is 11.5 Å². The summed E-state index contributed by atoms with van der Waals surface area (Å²) in [6.07, 6.45) is 21.7. The maximum atomic E-state index is 13.5. The molecule has 0 aromatic heterocycles. The van der Waals surface area contributed by atoms with Crippen molar-refractivity contribution < 1.29 is 4.79 Å². The highest BCUT2D eigenvalue weighted by Gasteiger charge is 2.44. The Morgan fingerprint density at radius 2 is 1.40 bits per heavy atom. The summed E-state index contributed by atoms with van der Waals surface area (Å²) in [5.41, 5.74) is 0.492. The van der Waals surface area contributed by atoms with Gasteiger partial charge >= 0.3 is 0 Å². The molecular weight excluding hydrogens is 368 g/mol. The Labute approximate surface area is 186 Å². The second-order valence-corrected chi connectivity index (χ2v) is 12.1. The van der Waals surface area contributed by atoms with Gasteiger partial charge in [0.05, 0.1) is 5.92 Å². The fraction of sp³-hybridized carbons (Fsp3) is 0.963. The van der Waals surface area contributed by atoms with Crippen LogP contribution in [0.2, 0.25) is 0 Å². The third-order valence-electron chi connectivity index (χ3n) is 8.22. The van der Waals surface area contributed by atoms with Crippen molar-refractivity contribution in [1.29, 1.82) is 0 Å². The van der Waals surface area contributed by atoms with Crippen LogP contribution >= 0.6 is 0 Å².